The number of unbranched alkanes of at least 4 members (excludes halogenated alkanes) is 1. The quantitative estimate of drug-likeness (QED) is 0.232. The van der Waals surface area contributed by atoms with Crippen LogP contribution in [0, 0.1) is 0 Å². The zero-order chi connectivity index (χ0) is 27.2. The van der Waals surface area contributed by atoms with Gasteiger partial charge in [0, 0.05) is 23.2 Å². The molecule has 5 N–H and O–H groups in total. The summed E-state index contributed by atoms with van der Waals surface area (Å²) in [6.07, 6.45) is 3.39. The highest BCUT2D eigenvalue weighted by atomic mass is 35.5. The molecule has 11 heteroatoms. The number of carbonyl (C=O) groups is 2. The molecule has 0 saturated carbocycles. The van der Waals surface area contributed by atoms with E-state index >= 15 is 0 Å². The fourth-order valence-electron chi connectivity index (χ4n) is 5.07. The third kappa shape index (κ3) is 7.62. The molecule has 9 nitrogen and oxygen atoms in total. The zero-order valence-electron chi connectivity index (χ0n) is 22.1. The van der Waals surface area contributed by atoms with Gasteiger partial charge in [0.2, 0.25) is 0 Å². The molecule has 38 heavy (non-hydrogen) atoms. The molecule has 2 aromatic carbocycles. The van der Waals surface area contributed by atoms with E-state index in [1.165, 1.54) is 12.0 Å². The molecule has 3 rings (SSSR count). The van der Waals surface area contributed by atoms with Gasteiger partial charge in [0.15, 0.2) is 0 Å². The highest BCUT2D eigenvalue weighted by molar-refractivity contribution is 8.24. The van der Waals surface area contributed by atoms with Gasteiger partial charge in [-0.05, 0) is 30.5 Å². The number of halogens is 1. The second kappa shape index (κ2) is 13.6. The normalized spacial score (nSPS) is 21.1. The number of nitrogens with zero attached hydrogens (tertiary/aromatic N) is 1. The predicted octanol–water partition coefficient (Wildman–Crippen LogP) is 5.23. The number of aliphatic carboxylic acids is 2. The summed E-state index contributed by atoms with van der Waals surface area (Å²) in [6, 6.07) is 12.9. The Balaban J connectivity index is 0.00000507. The van der Waals surface area contributed by atoms with Crippen LogP contribution in [0.1, 0.15) is 62.3 Å². The molecule has 0 radical (unpaired) electrons. The van der Waals surface area contributed by atoms with Crippen LogP contribution in [-0.2, 0) is 16.1 Å². The fraction of sp³-hybridized carbons (Fsp3) is 0.481. The van der Waals surface area contributed by atoms with Crippen molar-refractivity contribution in [2.45, 2.75) is 62.6 Å². The largest absolute Gasteiger partial charge is 0.496 e. The Morgan fingerprint density at radius 2 is 1.74 bits per heavy atom. The van der Waals surface area contributed by atoms with E-state index in [0.717, 1.165) is 24.8 Å². The molecule has 0 saturated heterocycles. The fourth-order valence-corrected chi connectivity index (χ4v) is 7.31. The number of nitrogens with one attached hydrogen (secondary N) is 1. The molecule has 1 heterocycles. The smallest absolute Gasteiger partial charge is 0.317 e. The minimum Gasteiger partial charge on any atom is -0.496 e. The maximum absolute atomic E-state index is 11.6. The molecule has 2 atom stereocenters. The first-order chi connectivity index (χ1) is 17.5. The van der Waals surface area contributed by atoms with Crippen LogP contribution >= 0.6 is 23.0 Å². The number of fused-ring (bicyclic) bond motifs is 1. The molecule has 0 unspecified atom stereocenters. The van der Waals surface area contributed by atoms with Crippen LogP contribution in [0.3, 0.4) is 0 Å². The Hall–Kier alpha value is -2.34. The SMILES string of the molecule is CCCC[C@]1(CC)CS(O)(O)c2cc(CN(CC(=O)O)CC(=O)O)c(OC)cc2[C@@H](c2ccccc2)N1.Cl. The number of ether oxygens (including phenoxy) is 1. The van der Waals surface area contributed by atoms with Gasteiger partial charge in [0.25, 0.3) is 0 Å². The van der Waals surface area contributed by atoms with E-state index < -0.39 is 41.2 Å². The number of carboxylic acids is 2. The highest BCUT2D eigenvalue weighted by Gasteiger charge is 2.42. The zero-order valence-corrected chi connectivity index (χ0v) is 23.7. The van der Waals surface area contributed by atoms with Crippen LogP contribution in [0.5, 0.6) is 5.75 Å². The van der Waals surface area contributed by atoms with Gasteiger partial charge in [-0.15, -0.1) is 12.4 Å². The molecular weight excluding hydrogens is 532 g/mol. The van der Waals surface area contributed by atoms with Crippen molar-refractivity contribution in [1.82, 2.24) is 10.2 Å². The third-order valence-corrected chi connectivity index (χ3v) is 8.95. The first kappa shape index (κ1) is 31.9. The van der Waals surface area contributed by atoms with Crippen molar-refractivity contribution in [3.63, 3.8) is 0 Å². The summed E-state index contributed by atoms with van der Waals surface area (Å²) in [6.45, 7) is 3.17. The Morgan fingerprint density at radius 3 is 2.26 bits per heavy atom. The number of hydrogen-bond donors (Lipinski definition) is 5. The number of benzene rings is 2. The second-order valence-electron chi connectivity index (χ2n) is 9.67. The van der Waals surface area contributed by atoms with Gasteiger partial charge in [-0.2, -0.15) is 10.6 Å². The topological polar surface area (TPSA) is 140 Å². The third-order valence-electron chi connectivity index (χ3n) is 6.93. The van der Waals surface area contributed by atoms with E-state index in [1.54, 1.807) is 12.1 Å². The molecular formula is C27H39ClN2O7S. The van der Waals surface area contributed by atoms with Crippen LogP contribution in [0.4, 0.5) is 0 Å². The van der Waals surface area contributed by atoms with E-state index in [2.05, 4.69) is 19.2 Å². The number of rotatable bonds is 12. The summed E-state index contributed by atoms with van der Waals surface area (Å²) in [5, 5.41) is 22.3. The molecule has 0 spiro atoms. The second-order valence-corrected chi connectivity index (χ2v) is 11.7. The van der Waals surface area contributed by atoms with E-state index in [1.807, 2.05) is 30.3 Å². The average Bonchev–Trinajstić information content (AvgIpc) is 2.94. The Kier molecular flexibility index (Phi) is 11.4. The van der Waals surface area contributed by atoms with Crippen molar-refractivity contribution in [2.75, 3.05) is 26.0 Å². The molecule has 0 bridgehead atoms. The molecule has 0 amide bonds. The summed E-state index contributed by atoms with van der Waals surface area (Å²) >= 11 is 0. The summed E-state index contributed by atoms with van der Waals surface area (Å²) in [7, 11) is -1.78. The Morgan fingerprint density at radius 1 is 1.11 bits per heavy atom. The standard InChI is InChI=1S/C27H38N2O7S.ClH/c1-4-6-12-27(5-2)18-37(34,35)23-13-20(15-29(16-24(30)31)17-25(32)33)22(36-3)14-21(23)26(28-27)19-10-8-7-9-11-19;/h7-11,13-14,26,28,34-35H,4-6,12,15-18H2,1-3H3,(H,30,31)(H,32,33);1H/t26-,27-;/m1./s1. The average molecular weight is 571 g/mol. The van der Waals surface area contributed by atoms with E-state index in [-0.39, 0.29) is 30.7 Å². The maximum Gasteiger partial charge on any atom is 0.317 e. The van der Waals surface area contributed by atoms with Crippen molar-refractivity contribution < 1.29 is 33.6 Å². The van der Waals surface area contributed by atoms with Crippen molar-refractivity contribution >= 4 is 34.9 Å². The minimum atomic E-state index is -3.27. The lowest BCUT2D eigenvalue weighted by molar-refractivity contribution is -0.142. The highest BCUT2D eigenvalue weighted by Crippen LogP contribution is 2.58. The van der Waals surface area contributed by atoms with E-state index in [4.69, 9.17) is 4.74 Å². The number of hydrogen-bond acceptors (Lipinski definition) is 7. The first-order valence-corrected chi connectivity index (χ1v) is 14.2. The van der Waals surface area contributed by atoms with Gasteiger partial charge in [-0.1, -0.05) is 57.0 Å². The summed E-state index contributed by atoms with van der Waals surface area (Å²) in [4.78, 5) is 24.4. The molecule has 0 aliphatic carbocycles. The van der Waals surface area contributed by atoms with Gasteiger partial charge in [0.05, 0.1) is 36.9 Å². The summed E-state index contributed by atoms with van der Waals surface area (Å²) in [5.41, 5.74) is 1.64. The Bertz CT molecular complexity index is 1090. The van der Waals surface area contributed by atoms with Gasteiger partial charge >= 0.3 is 11.9 Å². The summed E-state index contributed by atoms with van der Waals surface area (Å²) < 4.78 is 28.9. The minimum absolute atomic E-state index is 0. The molecule has 2 aromatic rings. The lowest BCUT2D eigenvalue weighted by Gasteiger charge is -2.42. The van der Waals surface area contributed by atoms with E-state index in [9.17, 15) is 28.9 Å². The van der Waals surface area contributed by atoms with Crippen LogP contribution in [0.15, 0.2) is 47.4 Å². The van der Waals surface area contributed by atoms with Gasteiger partial charge in [0.1, 0.15) is 5.75 Å². The number of methoxy groups -OCH3 is 1. The molecule has 0 aromatic heterocycles. The monoisotopic (exact) mass is 570 g/mol. The molecule has 1 aliphatic heterocycles. The van der Waals surface area contributed by atoms with Gasteiger partial charge in [-0.25, -0.2) is 0 Å². The van der Waals surface area contributed by atoms with Crippen LogP contribution in [-0.4, -0.2) is 67.6 Å². The number of carboxylic acid groups (broad SMARTS) is 2. The Labute approximate surface area is 232 Å². The van der Waals surface area contributed by atoms with E-state index in [0.29, 0.717) is 28.2 Å². The van der Waals surface area contributed by atoms with Crippen molar-refractivity contribution in [2.24, 2.45) is 0 Å². The van der Waals surface area contributed by atoms with Crippen LogP contribution in [0.25, 0.3) is 0 Å². The lowest BCUT2D eigenvalue weighted by atomic mass is 9.88. The summed E-state index contributed by atoms with van der Waals surface area (Å²) in [5.74, 6) is -1.74. The van der Waals surface area contributed by atoms with Crippen LogP contribution in [0.2, 0.25) is 0 Å². The van der Waals surface area contributed by atoms with Crippen molar-refractivity contribution in [3.8, 4) is 5.75 Å². The molecule has 0 fully saturated rings. The van der Waals surface area contributed by atoms with Crippen molar-refractivity contribution in [3.05, 3.63) is 59.2 Å². The van der Waals surface area contributed by atoms with Gasteiger partial charge in [-0.3, -0.25) is 28.9 Å². The van der Waals surface area contributed by atoms with Crippen molar-refractivity contribution in [1.29, 1.82) is 0 Å². The lowest BCUT2D eigenvalue weighted by Crippen LogP contribution is -2.49. The molecule has 1 aliphatic rings. The van der Waals surface area contributed by atoms with Crippen LogP contribution < -0.4 is 10.1 Å². The molecule has 212 valence electrons. The maximum atomic E-state index is 11.6. The van der Waals surface area contributed by atoms with Gasteiger partial charge < -0.3 is 14.9 Å². The predicted molar refractivity (Wildman–Crippen MR) is 151 cm³/mol. The first-order valence-electron chi connectivity index (χ1n) is 12.5.